The number of nitrogens with one attached hydrogen (secondary N) is 1. The van der Waals surface area contributed by atoms with Crippen LogP contribution < -0.4 is 5.32 Å². The molecule has 3 aliphatic rings. The zero-order valence-electron chi connectivity index (χ0n) is 13.8. The van der Waals surface area contributed by atoms with Crippen molar-refractivity contribution in [3.63, 3.8) is 0 Å². The molecule has 0 aliphatic carbocycles. The van der Waals surface area contributed by atoms with E-state index in [0.717, 1.165) is 38.8 Å². The van der Waals surface area contributed by atoms with Gasteiger partial charge in [-0.2, -0.15) is 0 Å². The first-order valence-corrected chi connectivity index (χ1v) is 8.73. The summed E-state index contributed by atoms with van der Waals surface area (Å²) in [6, 6.07) is 0.385. The first-order valence-electron chi connectivity index (χ1n) is 8.73. The average Bonchev–Trinajstić information content (AvgIpc) is 3.25. The molecule has 4 amide bonds. The van der Waals surface area contributed by atoms with Crippen molar-refractivity contribution >= 4 is 17.8 Å². The molecule has 0 aromatic carbocycles. The lowest BCUT2D eigenvalue weighted by molar-refractivity contribution is -0.132. The van der Waals surface area contributed by atoms with Crippen LogP contribution in [0.15, 0.2) is 0 Å². The van der Waals surface area contributed by atoms with Crippen LogP contribution in [-0.4, -0.2) is 77.4 Å². The van der Waals surface area contributed by atoms with Gasteiger partial charge >= 0.3 is 6.03 Å². The van der Waals surface area contributed by atoms with Crippen LogP contribution in [0.25, 0.3) is 0 Å². The molecule has 0 saturated carbocycles. The molecule has 128 valence electrons. The largest absolute Gasteiger partial charge is 0.338 e. The Bertz CT molecular complexity index is 480. The molecular weight excluding hydrogens is 296 g/mol. The minimum atomic E-state index is -0.283. The molecule has 3 rings (SSSR count). The van der Waals surface area contributed by atoms with Crippen LogP contribution in [0.3, 0.4) is 0 Å². The van der Waals surface area contributed by atoms with Crippen molar-refractivity contribution < 1.29 is 14.4 Å². The summed E-state index contributed by atoms with van der Waals surface area (Å²) in [5.41, 5.74) is 0. The van der Waals surface area contributed by atoms with Gasteiger partial charge in [0.1, 0.15) is 0 Å². The molecule has 7 heteroatoms. The van der Waals surface area contributed by atoms with E-state index >= 15 is 0 Å². The van der Waals surface area contributed by atoms with Crippen LogP contribution in [-0.2, 0) is 9.59 Å². The second kappa shape index (κ2) is 6.86. The van der Waals surface area contributed by atoms with E-state index in [2.05, 4.69) is 15.1 Å². The Morgan fingerprint density at radius 2 is 1.87 bits per heavy atom. The van der Waals surface area contributed by atoms with E-state index in [-0.39, 0.29) is 24.4 Å². The number of likely N-dealkylation sites (tertiary alicyclic amines) is 2. The Labute approximate surface area is 137 Å². The number of carbonyl (C=O) groups is 3. The van der Waals surface area contributed by atoms with Crippen molar-refractivity contribution in [2.24, 2.45) is 0 Å². The maximum absolute atomic E-state index is 12.1. The molecule has 3 fully saturated rings. The number of rotatable bonds is 5. The maximum Gasteiger partial charge on any atom is 0.324 e. The van der Waals surface area contributed by atoms with Crippen molar-refractivity contribution in [3.8, 4) is 0 Å². The highest BCUT2D eigenvalue weighted by Crippen LogP contribution is 2.30. The Balaban J connectivity index is 1.60. The van der Waals surface area contributed by atoms with Gasteiger partial charge in [0, 0.05) is 38.1 Å². The fourth-order valence-electron chi connectivity index (χ4n) is 4.18. The molecule has 3 heterocycles. The van der Waals surface area contributed by atoms with Gasteiger partial charge in [0.2, 0.25) is 11.8 Å². The summed E-state index contributed by atoms with van der Waals surface area (Å²) < 4.78 is 0. The van der Waals surface area contributed by atoms with Crippen molar-refractivity contribution in [3.05, 3.63) is 0 Å². The van der Waals surface area contributed by atoms with E-state index in [9.17, 15) is 14.4 Å². The number of imide groups is 1. The lowest BCUT2D eigenvalue weighted by Crippen LogP contribution is -2.50. The molecule has 2 atom stereocenters. The molecule has 3 saturated heterocycles. The van der Waals surface area contributed by atoms with Gasteiger partial charge in [-0.25, -0.2) is 4.79 Å². The molecule has 0 aromatic rings. The lowest BCUT2D eigenvalue weighted by atomic mass is 10.0. The summed E-state index contributed by atoms with van der Waals surface area (Å²) in [6.45, 7) is 5.03. The van der Waals surface area contributed by atoms with E-state index in [0.29, 0.717) is 31.6 Å². The molecule has 0 bridgehead atoms. The third kappa shape index (κ3) is 3.20. The summed E-state index contributed by atoms with van der Waals surface area (Å²) in [5.74, 6) is 0.0999. The summed E-state index contributed by atoms with van der Waals surface area (Å²) in [7, 11) is 0. The molecule has 1 N–H and O–H groups in total. The number of carbonyl (C=O) groups excluding carboxylic acids is 3. The molecule has 0 radical (unpaired) electrons. The van der Waals surface area contributed by atoms with E-state index in [1.807, 2.05) is 6.92 Å². The minimum absolute atomic E-state index is 0.115. The fraction of sp³-hybridized carbons (Fsp3) is 0.812. The van der Waals surface area contributed by atoms with Gasteiger partial charge in [0.05, 0.1) is 6.54 Å². The zero-order chi connectivity index (χ0) is 16.4. The summed E-state index contributed by atoms with van der Waals surface area (Å²) in [6.07, 6.45) is 4.92. The van der Waals surface area contributed by atoms with Gasteiger partial charge in [-0.15, -0.1) is 0 Å². The fourth-order valence-corrected chi connectivity index (χ4v) is 4.18. The number of nitrogens with zero attached hydrogens (tertiary/aromatic N) is 3. The number of hydrogen-bond acceptors (Lipinski definition) is 4. The number of amides is 4. The first kappa shape index (κ1) is 16.2. The second-order valence-corrected chi connectivity index (χ2v) is 6.60. The molecule has 3 aliphatic heterocycles. The van der Waals surface area contributed by atoms with Crippen LogP contribution in [0.4, 0.5) is 4.79 Å². The van der Waals surface area contributed by atoms with Gasteiger partial charge in [-0.1, -0.05) is 6.92 Å². The van der Waals surface area contributed by atoms with Crippen LogP contribution >= 0.6 is 0 Å². The van der Waals surface area contributed by atoms with Gasteiger partial charge in [0.15, 0.2) is 0 Å². The molecule has 23 heavy (non-hydrogen) atoms. The van der Waals surface area contributed by atoms with Crippen LogP contribution in [0, 0.1) is 0 Å². The highest BCUT2D eigenvalue weighted by molar-refractivity contribution is 6.01. The molecular formula is C16H26N4O3. The zero-order valence-corrected chi connectivity index (χ0v) is 13.8. The van der Waals surface area contributed by atoms with Crippen molar-refractivity contribution in [2.75, 3.05) is 32.7 Å². The summed E-state index contributed by atoms with van der Waals surface area (Å²) in [5, 5.41) is 2.56. The Morgan fingerprint density at radius 3 is 2.57 bits per heavy atom. The van der Waals surface area contributed by atoms with Crippen molar-refractivity contribution in [2.45, 2.75) is 51.1 Å². The monoisotopic (exact) mass is 322 g/mol. The molecule has 7 nitrogen and oxygen atoms in total. The van der Waals surface area contributed by atoms with Gasteiger partial charge in [-0.3, -0.25) is 19.4 Å². The number of urea groups is 1. The summed E-state index contributed by atoms with van der Waals surface area (Å²) >= 11 is 0. The average molecular weight is 322 g/mol. The smallest absolute Gasteiger partial charge is 0.324 e. The predicted octanol–water partition coefficient (Wildman–Crippen LogP) is 0.404. The maximum atomic E-state index is 12.1. The lowest BCUT2D eigenvalue weighted by Gasteiger charge is -2.35. The Morgan fingerprint density at radius 1 is 1.13 bits per heavy atom. The predicted molar refractivity (Wildman–Crippen MR) is 84.7 cm³/mol. The molecule has 2 unspecified atom stereocenters. The highest BCUT2D eigenvalue weighted by Gasteiger charge is 2.39. The first-order chi connectivity index (χ1) is 11.1. The second-order valence-electron chi connectivity index (χ2n) is 6.60. The van der Waals surface area contributed by atoms with Gasteiger partial charge < -0.3 is 10.2 Å². The topological polar surface area (TPSA) is 73.0 Å². The SMILES string of the molecule is CCC(=O)N1CCCC1C1CCCN1CCN1C(=O)CNC1=O. The third-order valence-corrected chi connectivity index (χ3v) is 5.33. The standard InChI is InChI=1S/C16H26N4O3/c1-2-14(21)19-8-4-6-13(19)12-5-3-7-18(12)9-10-20-15(22)11-17-16(20)23/h12-13H,2-11H2,1H3,(H,17,23). The molecule has 0 aromatic heterocycles. The number of hydrogen-bond donors (Lipinski definition) is 1. The molecule has 0 spiro atoms. The van der Waals surface area contributed by atoms with E-state index in [1.54, 1.807) is 0 Å². The van der Waals surface area contributed by atoms with E-state index in [1.165, 1.54) is 4.90 Å². The Hall–Kier alpha value is -1.63. The Kier molecular flexibility index (Phi) is 4.84. The minimum Gasteiger partial charge on any atom is -0.338 e. The van der Waals surface area contributed by atoms with Gasteiger partial charge in [-0.05, 0) is 32.2 Å². The third-order valence-electron chi connectivity index (χ3n) is 5.33. The van der Waals surface area contributed by atoms with Gasteiger partial charge in [0.25, 0.3) is 0 Å². The van der Waals surface area contributed by atoms with E-state index in [4.69, 9.17) is 0 Å². The normalized spacial score (nSPS) is 28.7. The van der Waals surface area contributed by atoms with E-state index < -0.39 is 0 Å². The van der Waals surface area contributed by atoms with Crippen LogP contribution in [0.1, 0.15) is 39.0 Å². The quantitative estimate of drug-likeness (QED) is 0.744. The van der Waals surface area contributed by atoms with Crippen LogP contribution in [0.2, 0.25) is 0 Å². The van der Waals surface area contributed by atoms with Crippen molar-refractivity contribution in [1.82, 2.24) is 20.0 Å². The summed E-state index contributed by atoms with van der Waals surface area (Å²) in [4.78, 5) is 41.2. The van der Waals surface area contributed by atoms with Crippen molar-refractivity contribution in [1.29, 1.82) is 0 Å². The highest BCUT2D eigenvalue weighted by atomic mass is 16.2. The van der Waals surface area contributed by atoms with Crippen LogP contribution in [0.5, 0.6) is 0 Å².